The first kappa shape index (κ1) is 22.9. The third-order valence-electron chi connectivity index (χ3n) is 4.97. The van der Waals surface area contributed by atoms with Gasteiger partial charge in [-0.1, -0.05) is 24.9 Å². The van der Waals surface area contributed by atoms with Crippen LogP contribution in [0, 0.1) is 18.3 Å². The van der Waals surface area contributed by atoms with E-state index in [1.807, 2.05) is 13.0 Å². The van der Waals surface area contributed by atoms with E-state index < -0.39 is 6.04 Å². The number of anilines is 1. The highest BCUT2D eigenvalue weighted by Crippen LogP contribution is 2.25. The molecule has 1 saturated heterocycles. The van der Waals surface area contributed by atoms with Gasteiger partial charge in [-0.15, -0.1) is 11.8 Å². The lowest BCUT2D eigenvalue weighted by Gasteiger charge is -2.21. The summed E-state index contributed by atoms with van der Waals surface area (Å²) in [5.74, 6) is 0.466. The summed E-state index contributed by atoms with van der Waals surface area (Å²) in [5, 5.41) is 16.7. The number of halogens is 1. The highest BCUT2D eigenvalue weighted by atomic mass is 35.5. The van der Waals surface area contributed by atoms with E-state index in [1.54, 1.807) is 39.9 Å². The van der Waals surface area contributed by atoms with Gasteiger partial charge < -0.3 is 10.2 Å². The molecule has 1 aromatic heterocycles. The third kappa shape index (κ3) is 5.49. The Morgan fingerprint density at radius 3 is 2.81 bits per heavy atom. The Labute approximate surface area is 191 Å². The second kappa shape index (κ2) is 10.5. The van der Waals surface area contributed by atoms with Gasteiger partial charge in [0.25, 0.3) is 0 Å². The number of hydrogen-bond acceptors (Lipinski definition) is 5. The molecule has 2 aromatic rings. The van der Waals surface area contributed by atoms with Crippen molar-refractivity contribution in [3.05, 3.63) is 52.3 Å². The maximum Gasteiger partial charge on any atom is 0.248 e. The number of unbranched alkanes of at least 4 members (excludes halogenated alkanes) is 1. The molecule has 162 valence electrons. The highest BCUT2D eigenvalue weighted by Gasteiger charge is 2.33. The molecule has 2 amide bonds. The zero-order valence-electron chi connectivity index (χ0n) is 17.5. The molecule has 7 nitrogen and oxygen atoms in total. The van der Waals surface area contributed by atoms with Gasteiger partial charge >= 0.3 is 0 Å². The maximum atomic E-state index is 12.8. The number of aromatic nitrogens is 2. The van der Waals surface area contributed by atoms with Crippen LogP contribution in [0.15, 0.2) is 30.3 Å². The van der Waals surface area contributed by atoms with Crippen molar-refractivity contribution in [2.75, 3.05) is 16.9 Å². The molecule has 31 heavy (non-hydrogen) atoms. The first-order valence-corrected chi connectivity index (χ1v) is 11.6. The van der Waals surface area contributed by atoms with E-state index in [9.17, 15) is 9.59 Å². The van der Waals surface area contributed by atoms with Gasteiger partial charge in [0.2, 0.25) is 11.8 Å². The van der Waals surface area contributed by atoms with Crippen LogP contribution in [0.4, 0.5) is 5.69 Å². The lowest BCUT2D eigenvalue weighted by atomic mass is 10.2. The lowest BCUT2D eigenvalue weighted by Crippen LogP contribution is -2.43. The summed E-state index contributed by atoms with van der Waals surface area (Å²) in [5.41, 5.74) is 2.58. The molecule has 1 unspecified atom stereocenters. The minimum absolute atomic E-state index is 0.248. The molecule has 1 aromatic carbocycles. The molecule has 0 radical (unpaired) electrons. The van der Waals surface area contributed by atoms with Crippen LogP contribution in [0.1, 0.15) is 36.6 Å². The van der Waals surface area contributed by atoms with E-state index in [0.29, 0.717) is 28.0 Å². The van der Waals surface area contributed by atoms with Crippen LogP contribution in [0.2, 0.25) is 5.15 Å². The number of carbonyl (C=O) groups is 2. The molecule has 1 fully saturated rings. The van der Waals surface area contributed by atoms with Gasteiger partial charge in [0.1, 0.15) is 11.2 Å². The summed E-state index contributed by atoms with van der Waals surface area (Å²) in [6, 6.07) is 8.09. The maximum absolute atomic E-state index is 12.8. The summed E-state index contributed by atoms with van der Waals surface area (Å²) in [4.78, 5) is 27.1. The molecule has 0 spiro atoms. The van der Waals surface area contributed by atoms with Crippen molar-refractivity contribution < 1.29 is 9.59 Å². The summed E-state index contributed by atoms with van der Waals surface area (Å²) in [7, 11) is 0. The molecule has 1 N–H and O–H groups in total. The van der Waals surface area contributed by atoms with Crippen LogP contribution in [-0.2, 0) is 16.1 Å². The van der Waals surface area contributed by atoms with Crippen molar-refractivity contribution in [2.45, 2.75) is 39.3 Å². The molecule has 9 heteroatoms. The Hall–Kier alpha value is -2.76. The zero-order valence-corrected chi connectivity index (χ0v) is 19.0. The van der Waals surface area contributed by atoms with Gasteiger partial charge in [0, 0.05) is 29.6 Å². The van der Waals surface area contributed by atoms with Crippen LogP contribution in [0.25, 0.3) is 6.08 Å². The number of benzene rings is 1. The summed E-state index contributed by atoms with van der Waals surface area (Å²) in [6.07, 6.45) is 5.14. The Kier molecular flexibility index (Phi) is 7.77. The van der Waals surface area contributed by atoms with E-state index in [4.69, 9.17) is 16.9 Å². The van der Waals surface area contributed by atoms with Crippen molar-refractivity contribution in [3.8, 4) is 6.07 Å². The number of hydrogen-bond donors (Lipinski definition) is 1. The van der Waals surface area contributed by atoms with Gasteiger partial charge in [0.15, 0.2) is 0 Å². The molecule has 0 saturated carbocycles. The second-order valence-corrected chi connectivity index (χ2v) is 8.56. The molecule has 0 bridgehead atoms. The highest BCUT2D eigenvalue weighted by molar-refractivity contribution is 7.99. The standard InChI is InChI=1S/C22H24ClN5O2S/c1-3-4-11-28-21(23)18(15(2)26-28)9-10-20(29)27-14-31-13-19(27)22(30)25-17-7-5-16(12-24)6-8-17/h5-10,19H,3-4,11,13-14H2,1-2H3,(H,25,30)/b10-9+. The molecular formula is C22H24ClN5O2S. The minimum Gasteiger partial charge on any atom is -0.324 e. The summed E-state index contributed by atoms with van der Waals surface area (Å²) in [6.45, 7) is 4.70. The predicted molar refractivity (Wildman–Crippen MR) is 124 cm³/mol. The van der Waals surface area contributed by atoms with Crippen molar-refractivity contribution in [2.24, 2.45) is 0 Å². The fraction of sp³-hybridized carbons (Fsp3) is 0.364. The fourth-order valence-electron chi connectivity index (χ4n) is 3.19. The normalized spacial score (nSPS) is 15.9. The number of nitrogens with zero attached hydrogens (tertiary/aromatic N) is 4. The largest absolute Gasteiger partial charge is 0.324 e. The van der Waals surface area contributed by atoms with Crippen molar-refractivity contribution in [1.82, 2.24) is 14.7 Å². The number of nitrogens with one attached hydrogen (secondary N) is 1. The van der Waals surface area contributed by atoms with Crippen LogP contribution in [-0.4, -0.2) is 44.2 Å². The number of rotatable bonds is 7. The average molecular weight is 458 g/mol. The lowest BCUT2D eigenvalue weighted by molar-refractivity contribution is -0.132. The average Bonchev–Trinajstić information content (AvgIpc) is 3.36. The van der Waals surface area contributed by atoms with Gasteiger partial charge in [-0.25, -0.2) is 0 Å². The molecule has 3 rings (SSSR count). The van der Waals surface area contributed by atoms with Gasteiger partial charge in [-0.2, -0.15) is 10.4 Å². The first-order chi connectivity index (χ1) is 14.9. The number of aryl methyl sites for hydroxylation is 2. The Morgan fingerprint density at radius 2 is 2.13 bits per heavy atom. The van der Waals surface area contributed by atoms with Crippen LogP contribution >= 0.6 is 23.4 Å². The van der Waals surface area contributed by atoms with E-state index in [0.717, 1.165) is 30.6 Å². The van der Waals surface area contributed by atoms with E-state index >= 15 is 0 Å². The molecule has 2 heterocycles. The van der Waals surface area contributed by atoms with Crippen LogP contribution in [0.3, 0.4) is 0 Å². The van der Waals surface area contributed by atoms with E-state index in [-0.39, 0.29) is 11.8 Å². The number of carbonyl (C=O) groups excluding carboxylic acids is 2. The van der Waals surface area contributed by atoms with Crippen molar-refractivity contribution in [1.29, 1.82) is 5.26 Å². The van der Waals surface area contributed by atoms with Crippen molar-refractivity contribution >= 4 is 46.9 Å². The van der Waals surface area contributed by atoms with Crippen molar-refractivity contribution in [3.63, 3.8) is 0 Å². The van der Waals surface area contributed by atoms with E-state index in [1.165, 1.54) is 17.8 Å². The Morgan fingerprint density at radius 1 is 1.39 bits per heavy atom. The second-order valence-electron chi connectivity index (χ2n) is 7.20. The SMILES string of the molecule is CCCCn1nc(C)c(/C=C/C(=O)N2CSCC2C(=O)Nc2ccc(C#N)cc2)c1Cl. The van der Waals surface area contributed by atoms with Crippen LogP contribution < -0.4 is 5.32 Å². The summed E-state index contributed by atoms with van der Waals surface area (Å²) < 4.78 is 1.75. The zero-order chi connectivity index (χ0) is 22.4. The molecule has 1 aliphatic rings. The third-order valence-corrected chi connectivity index (χ3v) is 6.39. The van der Waals surface area contributed by atoms with Gasteiger partial charge in [-0.05, 0) is 43.7 Å². The molecule has 0 aliphatic carbocycles. The fourth-order valence-corrected chi connectivity index (χ4v) is 4.68. The Balaban J connectivity index is 1.67. The quantitative estimate of drug-likeness (QED) is 0.633. The molecule has 1 atom stereocenters. The Bertz CT molecular complexity index is 1030. The first-order valence-electron chi connectivity index (χ1n) is 10.0. The van der Waals surface area contributed by atoms with Crippen LogP contribution in [0.5, 0.6) is 0 Å². The van der Waals surface area contributed by atoms with Gasteiger partial charge in [-0.3, -0.25) is 14.3 Å². The number of nitriles is 1. The number of amides is 2. The topological polar surface area (TPSA) is 91.0 Å². The van der Waals surface area contributed by atoms with Gasteiger partial charge in [0.05, 0.1) is 23.2 Å². The minimum atomic E-state index is -0.568. The van der Waals surface area contributed by atoms with E-state index in [2.05, 4.69) is 17.3 Å². The predicted octanol–water partition coefficient (Wildman–Crippen LogP) is 4.07. The monoisotopic (exact) mass is 457 g/mol. The number of thioether (sulfide) groups is 1. The summed E-state index contributed by atoms with van der Waals surface area (Å²) >= 11 is 7.96. The molecule has 1 aliphatic heterocycles. The molecular weight excluding hydrogens is 434 g/mol. The smallest absolute Gasteiger partial charge is 0.248 e.